The number of benzene rings is 3. The molecule has 1 unspecified atom stereocenters. The number of hydrogen-bond donors (Lipinski definition) is 0. The molecule has 1 atom stereocenters. The smallest absolute Gasteiger partial charge is 0.336 e. The topological polar surface area (TPSA) is 65.4 Å². The Bertz CT molecular complexity index is 1450. The summed E-state index contributed by atoms with van der Waals surface area (Å²) >= 11 is 0. The van der Waals surface area contributed by atoms with Crippen molar-refractivity contribution >= 4 is 26.7 Å². The average molecular weight is 474 g/mol. The lowest BCUT2D eigenvalue weighted by molar-refractivity contribution is -0.150. The molecular weight excluding hydrogens is 446 g/mol. The van der Waals surface area contributed by atoms with Gasteiger partial charge in [-0.3, -0.25) is 0 Å². The van der Waals surface area contributed by atoms with Gasteiger partial charge in [-0.1, -0.05) is 73.3 Å². The van der Waals surface area contributed by atoms with Crippen LogP contribution in [0.3, 0.4) is 0 Å². The van der Waals surface area contributed by atoms with Crippen LogP contribution in [0.25, 0.3) is 10.9 Å². The molecule has 34 heavy (non-hydrogen) atoms. The highest BCUT2D eigenvalue weighted by Crippen LogP contribution is 2.37. The summed E-state index contributed by atoms with van der Waals surface area (Å²) in [5, 5.41) is 0.827. The van der Waals surface area contributed by atoms with Gasteiger partial charge in [0.1, 0.15) is 10.6 Å². The molecule has 3 aromatic carbocycles. The number of para-hydroxylation sites is 1. The van der Waals surface area contributed by atoms with Gasteiger partial charge in [-0.25, -0.2) is 13.2 Å². The number of esters is 1. The summed E-state index contributed by atoms with van der Waals surface area (Å²) in [7, 11) is -3.91. The third-order valence-corrected chi connectivity index (χ3v) is 7.16. The van der Waals surface area contributed by atoms with E-state index in [9.17, 15) is 13.2 Å². The summed E-state index contributed by atoms with van der Waals surface area (Å²) in [6, 6.07) is 25.8. The Morgan fingerprint density at radius 3 is 2.06 bits per heavy atom. The average Bonchev–Trinajstić information content (AvgIpc) is 3.20. The van der Waals surface area contributed by atoms with E-state index in [0.29, 0.717) is 5.52 Å². The van der Waals surface area contributed by atoms with Crippen molar-refractivity contribution in [3.8, 4) is 0 Å². The van der Waals surface area contributed by atoms with E-state index in [1.54, 1.807) is 61.7 Å². The molecule has 0 fully saturated rings. The molecule has 4 aromatic rings. The Morgan fingerprint density at radius 1 is 0.882 bits per heavy atom. The number of nitrogens with zero attached hydrogens (tertiary/aromatic N) is 1. The molecule has 0 saturated carbocycles. The third-order valence-electron chi connectivity index (χ3n) is 5.41. The number of rotatable bonds is 6. The molecule has 0 spiro atoms. The molecule has 0 amide bonds. The number of aromatic nitrogens is 1. The first-order chi connectivity index (χ1) is 16.1. The van der Waals surface area contributed by atoms with E-state index in [4.69, 9.17) is 4.74 Å². The first-order valence-electron chi connectivity index (χ1n) is 11.0. The summed E-state index contributed by atoms with van der Waals surface area (Å²) in [4.78, 5) is 13.3. The van der Waals surface area contributed by atoms with Crippen LogP contribution >= 0.6 is 0 Å². The van der Waals surface area contributed by atoms with Gasteiger partial charge in [0.15, 0.2) is 0 Å². The molecular formula is C28H27NO4S. The molecule has 0 aliphatic heterocycles. The number of carbonyl (C=O) groups excluding carboxylic acids is 1. The molecule has 174 valence electrons. The Kier molecular flexibility index (Phi) is 6.19. The Morgan fingerprint density at radius 2 is 1.44 bits per heavy atom. The second-order valence-electron chi connectivity index (χ2n) is 9.07. The quantitative estimate of drug-likeness (QED) is 0.256. The maximum absolute atomic E-state index is 13.8. The Balaban J connectivity index is 2.00. The third kappa shape index (κ3) is 4.54. The minimum absolute atomic E-state index is 0.0819. The van der Waals surface area contributed by atoms with Crippen LogP contribution in [0.15, 0.2) is 113 Å². The fourth-order valence-electron chi connectivity index (χ4n) is 3.94. The van der Waals surface area contributed by atoms with Crippen molar-refractivity contribution in [2.45, 2.75) is 42.3 Å². The second-order valence-corrected chi connectivity index (χ2v) is 11.0. The lowest BCUT2D eigenvalue weighted by Gasteiger charge is -2.27. The zero-order valence-corrected chi connectivity index (χ0v) is 20.2. The number of ether oxygens (including phenoxy) is 1. The van der Waals surface area contributed by atoms with E-state index in [-0.39, 0.29) is 15.5 Å². The summed E-state index contributed by atoms with van der Waals surface area (Å²) in [6.45, 7) is 9.44. The van der Waals surface area contributed by atoms with E-state index in [0.717, 1.165) is 10.9 Å². The van der Waals surface area contributed by atoms with Crippen LogP contribution in [-0.2, 0) is 19.4 Å². The predicted octanol–water partition coefficient (Wildman–Crippen LogP) is 5.96. The standard InChI is InChI=1S/C28H27NO4S/c1-20(27(30)33-28(2,3)4)26(21-13-7-5-8-14-21)29-24-18-12-11-15-22(24)19-25(29)34(31,32)23-16-9-6-10-17-23/h5-19,26H,1H2,2-4H3. The number of hydrogen-bond acceptors (Lipinski definition) is 4. The zero-order chi connectivity index (χ0) is 24.5. The van der Waals surface area contributed by atoms with Gasteiger partial charge in [-0.2, -0.15) is 0 Å². The van der Waals surface area contributed by atoms with Crippen LogP contribution in [0.5, 0.6) is 0 Å². The van der Waals surface area contributed by atoms with Crippen molar-refractivity contribution in [2.24, 2.45) is 0 Å². The lowest BCUT2D eigenvalue weighted by atomic mass is 9.99. The fourth-order valence-corrected chi connectivity index (χ4v) is 5.44. The summed E-state index contributed by atoms with van der Waals surface area (Å²) in [5.41, 5.74) is 0.825. The van der Waals surface area contributed by atoms with Crippen LogP contribution in [0.1, 0.15) is 32.4 Å². The van der Waals surface area contributed by atoms with Gasteiger partial charge in [-0.15, -0.1) is 0 Å². The second kappa shape index (κ2) is 8.95. The van der Waals surface area contributed by atoms with Crippen molar-refractivity contribution in [3.63, 3.8) is 0 Å². The van der Waals surface area contributed by atoms with Crippen molar-refractivity contribution < 1.29 is 17.9 Å². The number of sulfone groups is 1. The van der Waals surface area contributed by atoms with Crippen LogP contribution in [-0.4, -0.2) is 24.6 Å². The van der Waals surface area contributed by atoms with Crippen LogP contribution in [0.4, 0.5) is 0 Å². The molecule has 0 radical (unpaired) electrons. The summed E-state index contributed by atoms with van der Waals surface area (Å²) < 4.78 is 34.9. The molecule has 0 saturated heterocycles. The molecule has 1 aromatic heterocycles. The van der Waals surface area contributed by atoms with Crippen molar-refractivity contribution in [1.82, 2.24) is 4.57 Å². The molecule has 1 heterocycles. The maximum atomic E-state index is 13.8. The largest absolute Gasteiger partial charge is 0.457 e. The highest BCUT2D eigenvalue weighted by atomic mass is 32.2. The molecule has 0 bridgehead atoms. The van der Waals surface area contributed by atoms with E-state index >= 15 is 0 Å². The van der Waals surface area contributed by atoms with E-state index < -0.39 is 27.4 Å². The first kappa shape index (κ1) is 23.5. The predicted molar refractivity (Wildman–Crippen MR) is 133 cm³/mol. The molecule has 0 N–H and O–H groups in total. The van der Waals surface area contributed by atoms with E-state index in [2.05, 4.69) is 6.58 Å². The summed E-state index contributed by atoms with van der Waals surface area (Å²) in [6.07, 6.45) is 0. The van der Waals surface area contributed by atoms with Gasteiger partial charge in [0.05, 0.1) is 16.5 Å². The lowest BCUT2D eigenvalue weighted by Crippen LogP contribution is -2.29. The molecule has 5 nitrogen and oxygen atoms in total. The minimum atomic E-state index is -3.91. The molecule has 4 rings (SSSR count). The monoisotopic (exact) mass is 473 g/mol. The highest BCUT2D eigenvalue weighted by Gasteiger charge is 2.33. The highest BCUT2D eigenvalue weighted by molar-refractivity contribution is 7.91. The van der Waals surface area contributed by atoms with Crippen molar-refractivity contribution in [2.75, 3.05) is 0 Å². The van der Waals surface area contributed by atoms with Crippen LogP contribution < -0.4 is 0 Å². The van der Waals surface area contributed by atoms with E-state index in [1.807, 2.05) is 54.6 Å². The van der Waals surface area contributed by atoms with Gasteiger partial charge >= 0.3 is 5.97 Å². The summed E-state index contributed by atoms with van der Waals surface area (Å²) in [5.74, 6) is -0.581. The van der Waals surface area contributed by atoms with Crippen LogP contribution in [0.2, 0.25) is 0 Å². The SMILES string of the molecule is C=C(C(=O)OC(C)(C)C)C(c1ccccc1)n1c(S(=O)(=O)c2ccccc2)cc2ccccc21. The minimum Gasteiger partial charge on any atom is -0.457 e. The molecule has 6 heteroatoms. The van der Waals surface area contributed by atoms with Gasteiger partial charge < -0.3 is 9.30 Å². The fraction of sp³-hybridized carbons (Fsp3) is 0.179. The van der Waals surface area contributed by atoms with Gasteiger partial charge in [0.2, 0.25) is 9.84 Å². The van der Waals surface area contributed by atoms with Crippen molar-refractivity contribution in [1.29, 1.82) is 0 Å². The van der Waals surface area contributed by atoms with Gasteiger partial charge in [-0.05, 0) is 50.6 Å². The van der Waals surface area contributed by atoms with Gasteiger partial charge in [0.25, 0.3) is 0 Å². The van der Waals surface area contributed by atoms with Gasteiger partial charge in [0, 0.05) is 10.9 Å². The Hall–Kier alpha value is -3.64. The molecule has 0 aliphatic rings. The molecule has 0 aliphatic carbocycles. The van der Waals surface area contributed by atoms with Crippen LogP contribution in [0, 0.1) is 0 Å². The Labute approximate surface area is 200 Å². The zero-order valence-electron chi connectivity index (χ0n) is 19.4. The van der Waals surface area contributed by atoms with E-state index in [1.165, 1.54) is 0 Å². The number of carbonyl (C=O) groups is 1. The maximum Gasteiger partial charge on any atom is 0.336 e. The number of fused-ring (bicyclic) bond motifs is 1. The first-order valence-corrected chi connectivity index (χ1v) is 12.4. The van der Waals surface area contributed by atoms with Crippen molar-refractivity contribution in [3.05, 3.63) is 109 Å². The normalized spacial score (nSPS) is 12.9.